The molecule has 0 aromatic carbocycles. The Morgan fingerprint density at radius 2 is 2.07 bits per heavy atom. The Bertz CT molecular complexity index is 460. The molecule has 5 nitrogen and oxygen atoms in total. The summed E-state index contributed by atoms with van der Waals surface area (Å²) in [7, 11) is 0. The molecule has 0 spiro atoms. The Kier molecular flexibility index (Phi) is 3.13. The third-order valence-electron chi connectivity index (χ3n) is 1.65. The maximum atomic E-state index is 11.1. The number of ketones is 1. The molecule has 15 heavy (non-hydrogen) atoms. The maximum absolute atomic E-state index is 11.1. The molecular formula is C10H9N3O2. The Hall–Kier alpha value is -2.22. The van der Waals surface area contributed by atoms with Crippen molar-refractivity contribution < 1.29 is 9.59 Å². The second-order valence-corrected chi connectivity index (χ2v) is 2.98. The monoisotopic (exact) mass is 203 g/mol. The number of nitrogens with zero attached hydrogens (tertiary/aromatic N) is 2. The summed E-state index contributed by atoms with van der Waals surface area (Å²) >= 11 is 0. The van der Waals surface area contributed by atoms with Gasteiger partial charge in [0.2, 0.25) is 5.91 Å². The number of pyridine rings is 1. The first-order valence-corrected chi connectivity index (χ1v) is 4.23. The van der Waals surface area contributed by atoms with Crippen molar-refractivity contribution in [2.75, 3.05) is 5.32 Å². The summed E-state index contributed by atoms with van der Waals surface area (Å²) in [6, 6.07) is 4.64. The van der Waals surface area contributed by atoms with Gasteiger partial charge in [0.05, 0.1) is 0 Å². The average molecular weight is 203 g/mol. The SMILES string of the molecule is CC(=O)Nc1cc(C(C)=O)cc(C#N)n1. The first-order valence-electron chi connectivity index (χ1n) is 4.23. The molecule has 0 fully saturated rings. The van der Waals surface area contributed by atoms with Gasteiger partial charge in [0, 0.05) is 12.5 Å². The number of carbonyl (C=O) groups is 2. The fourth-order valence-electron chi connectivity index (χ4n) is 1.04. The van der Waals surface area contributed by atoms with E-state index < -0.39 is 0 Å². The molecule has 0 saturated heterocycles. The van der Waals surface area contributed by atoms with E-state index in [0.29, 0.717) is 5.56 Å². The third-order valence-corrected chi connectivity index (χ3v) is 1.65. The number of rotatable bonds is 2. The van der Waals surface area contributed by atoms with Gasteiger partial charge in [-0.1, -0.05) is 0 Å². The highest BCUT2D eigenvalue weighted by atomic mass is 16.1. The largest absolute Gasteiger partial charge is 0.311 e. The van der Waals surface area contributed by atoms with Crippen LogP contribution in [0, 0.1) is 11.3 Å². The fourth-order valence-corrected chi connectivity index (χ4v) is 1.04. The molecule has 0 unspecified atom stereocenters. The Morgan fingerprint density at radius 1 is 1.40 bits per heavy atom. The van der Waals surface area contributed by atoms with E-state index in [4.69, 9.17) is 5.26 Å². The first kappa shape index (κ1) is 10.9. The van der Waals surface area contributed by atoms with E-state index in [-0.39, 0.29) is 23.2 Å². The molecule has 0 saturated carbocycles. The van der Waals surface area contributed by atoms with E-state index >= 15 is 0 Å². The van der Waals surface area contributed by atoms with Gasteiger partial charge < -0.3 is 5.32 Å². The number of aromatic nitrogens is 1. The second-order valence-electron chi connectivity index (χ2n) is 2.98. The second kappa shape index (κ2) is 4.33. The number of nitriles is 1. The Labute approximate surface area is 86.7 Å². The standard InChI is InChI=1S/C10H9N3O2/c1-6(14)8-3-9(5-11)13-10(4-8)12-7(2)15/h3-4H,1-2H3,(H,12,13,15). The topological polar surface area (TPSA) is 82.9 Å². The van der Waals surface area contributed by atoms with Gasteiger partial charge in [-0.15, -0.1) is 0 Å². The van der Waals surface area contributed by atoms with Crippen LogP contribution in [0.25, 0.3) is 0 Å². The van der Waals surface area contributed by atoms with Gasteiger partial charge in [-0.3, -0.25) is 9.59 Å². The lowest BCUT2D eigenvalue weighted by atomic mass is 10.1. The van der Waals surface area contributed by atoms with Crippen molar-refractivity contribution in [1.29, 1.82) is 5.26 Å². The van der Waals surface area contributed by atoms with Crippen molar-refractivity contribution in [3.8, 4) is 6.07 Å². The van der Waals surface area contributed by atoms with Crippen LogP contribution in [0.15, 0.2) is 12.1 Å². The van der Waals surface area contributed by atoms with Crippen molar-refractivity contribution in [1.82, 2.24) is 4.98 Å². The zero-order valence-electron chi connectivity index (χ0n) is 8.37. The number of hydrogen-bond donors (Lipinski definition) is 1. The Morgan fingerprint density at radius 3 is 2.53 bits per heavy atom. The van der Waals surface area contributed by atoms with Gasteiger partial charge in [-0.05, 0) is 19.1 Å². The summed E-state index contributed by atoms with van der Waals surface area (Å²) in [5.74, 6) is -0.264. The van der Waals surface area contributed by atoms with Crippen LogP contribution in [-0.2, 0) is 4.79 Å². The summed E-state index contributed by atoms with van der Waals surface area (Å²) in [5.41, 5.74) is 0.455. The molecule has 0 bridgehead atoms. The molecule has 1 N–H and O–H groups in total. The first-order chi connectivity index (χ1) is 7.02. The van der Waals surface area contributed by atoms with E-state index in [2.05, 4.69) is 10.3 Å². The van der Waals surface area contributed by atoms with Gasteiger partial charge in [0.25, 0.3) is 0 Å². The summed E-state index contributed by atoms with van der Waals surface area (Å²) < 4.78 is 0. The summed E-state index contributed by atoms with van der Waals surface area (Å²) in [6.45, 7) is 2.71. The quantitative estimate of drug-likeness (QED) is 0.730. The summed E-state index contributed by atoms with van der Waals surface area (Å²) in [6.07, 6.45) is 0. The maximum Gasteiger partial charge on any atom is 0.222 e. The molecule has 5 heteroatoms. The molecule has 1 amide bonds. The highest BCUT2D eigenvalue weighted by Gasteiger charge is 2.06. The van der Waals surface area contributed by atoms with Crippen LogP contribution < -0.4 is 5.32 Å². The van der Waals surface area contributed by atoms with E-state index in [1.165, 1.54) is 26.0 Å². The molecular weight excluding hydrogens is 194 g/mol. The lowest BCUT2D eigenvalue weighted by Gasteiger charge is -2.03. The predicted molar refractivity (Wildman–Crippen MR) is 53.3 cm³/mol. The predicted octanol–water partition coefficient (Wildman–Crippen LogP) is 1.11. The summed E-state index contributed by atoms with van der Waals surface area (Å²) in [5, 5.41) is 11.1. The van der Waals surface area contributed by atoms with Crippen molar-refractivity contribution in [3.05, 3.63) is 23.4 Å². The van der Waals surface area contributed by atoms with Crippen LogP contribution in [0.1, 0.15) is 29.9 Å². The minimum atomic E-state index is -0.299. The molecule has 1 aromatic heterocycles. The Balaban J connectivity index is 3.18. The number of hydrogen-bond acceptors (Lipinski definition) is 4. The number of Topliss-reactive ketones (excluding diaryl/α,β-unsaturated/α-hetero) is 1. The normalized spacial score (nSPS) is 9.13. The molecule has 76 valence electrons. The van der Waals surface area contributed by atoms with Crippen LogP contribution in [0.2, 0.25) is 0 Å². The van der Waals surface area contributed by atoms with Crippen molar-refractivity contribution in [2.24, 2.45) is 0 Å². The minimum absolute atomic E-state index is 0.103. The molecule has 0 aliphatic heterocycles. The average Bonchev–Trinajstić information content (AvgIpc) is 2.16. The van der Waals surface area contributed by atoms with Gasteiger partial charge in [0.15, 0.2) is 5.78 Å². The van der Waals surface area contributed by atoms with E-state index in [0.717, 1.165) is 0 Å². The highest BCUT2D eigenvalue weighted by molar-refractivity contribution is 5.96. The number of anilines is 1. The molecule has 0 aliphatic rings. The van der Waals surface area contributed by atoms with Crippen molar-refractivity contribution in [3.63, 3.8) is 0 Å². The molecule has 1 rings (SSSR count). The van der Waals surface area contributed by atoms with E-state index in [1.54, 1.807) is 0 Å². The van der Waals surface area contributed by atoms with Crippen LogP contribution in [0.4, 0.5) is 5.82 Å². The highest BCUT2D eigenvalue weighted by Crippen LogP contribution is 2.10. The van der Waals surface area contributed by atoms with Crippen LogP contribution >= 0.6 is 0 Å². The smallest absolute Gasteiger partial charge is 0.222 e. The molecule has 1 heterocycles. The van der Waals surface area contributed by atoms with Gasteiger partial charge >= 0.3 is 0 Å². The van der Waals surface area contributed by atoms with E-state index in [9.17, 15) is 9.59 Å². The van der Waals surface area contributed by atoms with Crippen molar-refractivity contribution in [2.45, 2.75) is 13.8 Å². The molecule has 0 atom stereocenters. The van der Waals surface area contributed by atoms with Gasteiger partial charge in [0.1, 0.15) is 17.6 Å². The zero-order valence-corrected chi connectivity index (χ0v) is 8.37. The lowest BCUT2D eigenvalue weighted by molar-refractivity contribution is -0.114. The number of nitrogens with one attached hydrogen (secondary N) is 1. The lowest BCUT2D eigenvalue weighted by Crippen LogP contribution is -2.09. The number of carbonyl (C=O) groups excluding carboxylic acids is 2. The minimum Gasteiger partial charge on any atom is -0.311 e. The molecule has 1 aromatic rings. The molecule has 0 aliphatic carbocycles. The van der Waals surface area contributed by atoms with Crippen LogP contribution in [0.5, 0.6) is 0 Å². The van der Waals surface area contributed by atoms with Gasteiger partial charge in [-0.25, -0.2) is 4.98 Å². The van der Waals surface area contributed by atoms with Crippen LogP contribution in [-0.4, -0.2) is 16.7 Å². The third kappa shape index (κ3) is 2.88. The van der Waals surface area contributed by atoms with Gasteiger partial charge in [-0.2, -0.15) is 5.26 Å². The fraction of sp³-hybridized carbons (Fsp3) is 0.200. The van der Waals surface area contributed by atoms with Crippen molar-refractivity contribution >= 4 is 17.5 Å². The zero-order chi connectivity index (χ0) is 11.4. The van der Waals surface area contributed by atoms with Crippen LogP contribution in [0.3, 0.4) is 0 Å². The van der Waals surface area contributed by atoms with E-state index in [1.807, 2.05) is 6.07 Å². The number of amides is 1. The molecule has 0 radical (unpaired) electrons. The summed E-state index contributed by atoms with van der Waals surface area (Å²) in [4.78, 5) is 25.7.